The molecule has 110 valence electrons. The Morgan fingerprint density at radius 1 is 1.10 bits per heavy atom. The average molecular weight is 289 g/mol. The van der Waals surface area contributed by atoms with Crippen LogP contribution in [0.3, 0.4) is 0 Å². The van der Waals surface area contributed by atoms with Crippen LogP contribution >= 0.6 is 0 Å². The van der Waals surface area contributed by atoms with Gasteiger partial charge in [0.15, 0.2) is 0 Å². The molecule has 0 unspecified atom stereocenters. The number of H-pyrrole nitrogens is 1. The van der Waals surface area contributed by atoms with Crippen molar-refractivity contribution in [2.75, 3.05) is 0 Å². The molecule has 0 bridgehead atoms. The molecule has 21 heavy (non-hydrogen) atoms. The highest BCUT2D eigenvalue weighted by atomic mass is 19.1. The first kappa shape index (κ1) is 14.3. The van der Waals surface area contributed by atoms with Gasteiger partial charge < -0.3 is 14.3 Å². The number of hydrogen-bond acceptors (Lipinski definition) is 3. The SMILES string of the molecule is CC1(C)OB(c2ccc3c(=O)[nH]cc(F)c3c2)OC1(C)C. The molecule has 4 nitrogen and oxygen atoms in total. The van der Waals surface area contributed by atoms with Gasteiger partial charge in [0.25, 0.3) is 5.56 Å². The van der Waals surface area contributed by atoms with E-state index in [4.69, 9.17) is 9.31 Å². The third-order valence-corrected chi connectivity index (χ3v) is 4.40. The zero-order valence-corrected chi connectivity index (χ0v) is 12.5. The number of fused-ring (bicyclic) bond motifs is 1. The van der Waals surface area contributed by atoms with E-state index in [1.165, 1.54) is 0 Å². The lowest BCUT2D eigenvalue weighted by Gasteiger charge is -2.32. The Morgan fingerprint density at radius 3 is 2.33 bits per heavy atom. The van der Waals surface area contributed by atoms with E-state index in [1.807, 2.05) is 27.7 Å². The Labute approximate surface area is 122 Å². The standard InChI is InChI=1S/C15H17BFNO3/c1-14(2)15(3,4)21-16(20-14)9-5-6-10-11(7-9)12(17)8-18-13(10)19/h5-8H,1-4H3,(H,18,19). The molecule has 3 rings (SSSR count). The molecule has 1 aromatic carbocycles. The number of pyridine rings is 1. The van der Waals surface area contributed by atoms with Gasteiger partial charge in [0.2, 0.25) is 0 Å². The maximum absolute atomic E-state index is 13.9. The molecule has 2 heterocycles. The van der Waals surface area contributed by atoms with E-state index < -0.39 is 24.1 Å². The summed E-state index contributed by atoms with van der Waals surface area (Å²) in [7, 11) is -0.571. The maximum Gasteiger partial charge on any atom is 0.494 e. The van der Waals surface area contributed by atoms with Crippen LogP contribution < -0.4 is 11.0 Å². The quantitative estimate of drug-likeness (QED) is 0.817. The molecule has 6 heteroatoms. The third kappa shape index (κ3) is 2.19. The second kappa shape index (κ2) is 4.42. The summed E-state index contributed by atoms with van der Waals surface area (Å²) in [6.45, 7) is 7.83. The van der Waals surface area contributed by atoms with Gasteiger partial charge in [-0.15, -0.1) is 0 Å². The molecule has 1 saturated heterocycles. The van der Waals surface area contributed by atoms with Crippen molar-refractivity contribution in [1.82, 2.24) is 4.98 Å². The van der Waals surface area contributed by atoms with Crippen molar-refractivity contribution in [3.63, 3.8) is 0 Å². The van der Waals surface area contributed by atoms with E-state index in [-0.39, 0.29) is 10.9 Å². The Balaban J connectivity index is 2.08. The third-order valence-electron chi connectivity index (χ3n) is 4.40. The number of hydrogen-bond donors (Lipinski definition) is 1. The van der Waals surface area contributed by atoms with Crippen molar-refractivity contribution in [2.45, 2.75) is 38.9 Å². The van der Waals surface area contributed by atoms with Gasteiger partial charge >= 0.3 is 7.12 Å². The highest BCUT2D eigenvalue weighted by Gasteiger charge is 2.51. The molecule has 1 N–H and O–H groups in total. The van der Waals surface area contributed by atoms with Gasteiger partial charge in [-0.25, -0.2) is 4.39 Å². The van der Waals surface area contributed by atoms with Crippen LogP contribution in [0.5, 0.6) is 0 Å². The van der Waals surface area contributed by atoms with Crippen molar-refractivity contribution in [1.29, 1.82) is 0 Å². The monoisotopic (exact) mass is 289 g/mol. The summed E-state index contributed by atoms with van der Waals surface area (Å²) in [5.41, 5.74) is -0.531. The van der Waals surface area contributed by atoms with Crippen molar-refractivity contribution in [3.8, 4) is 0 Å². The van der Waals surface area contributed by atoms with Crippen molar-refractivity contribution in [3.05, 3.63) is 40.6 Å². The number of aromatic amines is 1. The molecule has 1 aromatic heterocycles. The zero-order valence-electron chi connectivity index (χ0n) is 12.5. The number of nitrogens with one attached hydrogen (secondary N) is 1. The topological polar surface area (TPSA) is 51.3 Å². The molecule has 0 spiro atoms. The first-order valence-electron chi connectivity index (χ1n) is 6.88. The normalized spacial score (nSPS) is 20.1. The van der Waals surface area contributed by atoms with E-state index in [1.54, 1.807) is 18.2 Å². The van der Waals surface area contributed by atoms with Gasteiger partial charge in [-0.2, -0.15) is 0 Å². The van der Waals surface area contributed by atoms with Crippen LogP contribution in [0.15, 0.2) is 29.2 Å². The zero-order chi connectivity index (χ0) is 15.4. The smallest absolute Gasteiger partial charge is 0.399 e. The summed E-state index contributed by atoms with van der Waals surface area (Å²) in [4.78, 5) is 14.0. The molecule has 1 aliphatic rings. The number of benzene rings is 1. The molecule has 2 aromatic rings. The number of halogens is 1. The molecule has 1 fully saturated rings. The minimum absolute atomic E-state index is 0.269. The summed E-state index contributed by atoms with van der Waals surface area (Å²) >= 11 is 0. The Kier molecular flexibility index (Phi) is 3.01. The van der Waals surface area contributed by atoms with E-state index >= 15 is 0 Å². The fourth-order valence-corrected chi connectivity index (χ4v) is 2.37. The molecular formula is C15H17BFNO3. The minimum Gasteiger partial charge on any atom is -0.399 e. The Morgan fingerprint density at radius 2 is 1.71 bits per heavy atom. The second-order valence-electron chi connectivity index (χ2n) is 6.36. The highest BCUT2D eigenvalue weighted by Crippen LogP contribution is 2.36. The molecule has 0 atom stereocenters. The van der Waals surface area contributed by atoms with Gasteiger partial charge in [0, 0.05) is 17.0 Å². The molecule has 0 amide bonds. The lowest BCUT2D eigenvalue weighted by molar-refractivity contribution is 0.00578. The van der Waals surface area contributed by atoms with Crippen LogP contribution in [-0.4, -0.2) is 23.3 Å². The molecular weight excluding hydrogens is 272 g/mol. The summed E-state index contributed by atoms with van der Waals surface area (Å²) in [5.74, 6) is -0.469. The molecule has 0 aliphatic carbocycles. The largest absolute Gasteiger partial charge is 0.494 e. The van der Waals surface area contributed by atoms with E-state index in [0.29, 0.717) is 10.8 Å². The summed E-state index contributed by atoms with van der Waals surface area (Å²) < 4.78 is 25.8. The van der Waals surface area contributed by atoms with Crippen LogP contribution in [-0.2, 0) is 9.31 Å². The lowest BCUT2D eigenvalue weighted by Crippen LogP contribution is -2.41. The van der Waals surface area contributed by atoms with Crippen LogP contribution in [0.2, 0.25) is 0 Å². The predicted molar refractivity (Wildman–Crippen MR) is 80.2 cm³/mol. The van der Waals surface area contributed by atoms with E-state index in [0.717, 1.165) is 6.20 Å². The van der Waals surface area contributed by atoms with E-state index in [2.05, 4.69) is 4.98 Å². The molecule has 0 saturated carbocycles. The summed E-state index contributed by atoms with van der Waals surface area (Å²) in [6, 6.07) is 4.94. The fraction of sp³-hybridized carbons (Fsp3) is 0.400. The van der Waals surface area contributed by atoms with Crippen molar-refractivity contribution < 1.29 is 13.7 Å². The van der Waals surface area contributed by atoms with Gasteiger partial charge in [0.05, 0.1) is 11.2 Å². The Hall–Kier alpha value is -1.66. The van der Waals surface area contributed by atoms with Crippen LogP contribution in [0.25, 0.3) is 10.8 Å². The lowest BCUT2D eigenvalue weighted by atomic mass is 9.78. The predicted octanol–water partition coefficient (Wildman–Crippen LogP) is 1.97. The van der Waals surface area contributed by atoms with Crippen LogP contribution in [0, 0.1) is 5.82 Å². The molecule has 1 aliphatic heterocycles. The van der Waals surface area contributed by atoms with Gasteiger partial charge in [0.1, 0.15) is 5.82 Å². The first-order chi connectivity index (χ1) is 9.71. The first-order valence-corrected chi connectivity index (χ1v) is 6.88. The van der Waals surface area contributed by atoms with Gasteiger partial charge in [-0.1, -0.05) is 12.1 Å². The maximum atomic E-state index is 13.9. The van der Waals surface area contributed by atoms with Crippen LogP contribution in [0.4, 0.5) is 4.39 Å². The highest BCUT2D eigenvalue weighted by molar-refractivity contribution is 6.62. The van der Waals surface area contributed by atoms with Gasteiger partial charge in [-0.3, -0.25) is 4.79 Å². The van der Waals surface area contributed by atoms with Crippen molar-refractivity contribution >= 4 is 23.4 Å². The van der Waals surface area contributed by atoms with Gasteiger partial charge in [-0.05, 0) is 39.2 Å². The average Bonchev–Trinajstić information content (AvgIpc) is 2.63. The van der Waals surface area contributed by atoms with Crippen LogP contribution in [0.1, 0.15) is 27.7 Å². The second-order valence-corrected chi connectivity index (χ2v) is 6.36. The van der Waals surface area contributed by atoms with Crippen molar-refractivity contribution in [2.24, 2.45) is 0 Å². The summed E-state index contributed by atoms with van der Waals surface area (Å²) in [5, 5.41) is 0.584. The number of rotatable bonds is 1. The molecule has 0 radical (unpaired) electrons. The fourth-order valence-electron chi connectivity index (χ4n) is 2.37. The van der Waals surface area contributed by atoms with E-state index in [9.17, 15) is 9.18 Å². The minimum atomic E-state index is -0.571. The summed E-state index contributed by atoms with van der Waals surface area (Å²) in [6.07, 6.45) is 1.07. The number of aromatic nitrogens is 1. The Bertz CT molecular complexity index is 753.